The number of ketones is 1. The molecule has 3 aromatic rings. The number of nitrogens with zero attached hydrogens (tertiary/aromatic N) is 1. The molecule has 126 valence electrons. The SMILES string of the molecule is COc1onc(-c2ccc(C)cc2)c1/C=C\C(=O)c1ccc(Br)cc1. The number of halogens is 1. The minimum atomic E-state index is -0.106. The van der Waals surface area contributed by atoms with Crippen molar-refractivity contribution in [3.05, 3.63) is 75.8 Å². The van der Waals surface area contributed by atoms with Gasteiger partial charge in [0.15, 0.2) is 5.78 Å². The predicted octanol–water partition coefficient (Wildman–Crippen LogP) is 5.32. The molecule has 0 aliphatic heterocycles. The largest absolute Gasteiger partial charge is 0.467 e. The van der Waals surface area contributed by atoms with Gasteiger partial charge in [-0.1, -0.05) is 50.9 Å². The summed E-state index contributed by atoms with van der Waals surface area (Å²) in [5.41, 5.74) is 3.93. The molecule has 0 atom stereocenters. The van der Waals surface area contributed by atoms with Crippen molar-refractivity contribution in [2.75, 3.05) is 7.11 Å². The fourth-order valence-corrected chi connectivity index (χ4v) is 2.63. The molecule has 5 heteroatoms. The van der Waals surface area contributed by atoms with Crippen LogP contribution in [-0.4, -0.2) is 18.0 Å². The van der Waals surface area contributed by atoms with Gasteiger partial charge in [-0.3, -0.25) is 4.79 Å². The summed E-state index contributed by atoms with van der Waals surface area (Å²) < 4.78 is 11.4. The van der Waals surface area contributed by atoms with Gasteiger partial charge in [-0.25, -0.2) is 0 Å². The van der Waals surface area contributed by atoms with E-state index in [1.54, 1.807) is 18.2 Å². The number of benzene rings is 2. The van der Waals surface area contributed by atoms with Crippen molar-refractivity contribution in [2.24, 2.45) is 0 Å². The number of hydrogen-bond acceptors (Lipinski definition) is 4. The van der Waals surface area contributed by atoms with Gasteiger partial charge < -0.3 is 9.26 Å². The van der Waals surface area contributed by atoms with Crippen LogP contribution in [0.3, 0.4) is 0 Å². The third-order valence-electron chi connectivity index (χ3n) is 3.74. The van der Waals surface area contributed by atoms with Crippen LogP contribution in [-0.2, 0) is 0 Å². The molecular formula is C20H16BrNO3. The second kappa shape index (κ2) is 7.49. The molecule has 3 rings (SSSR count). The van der Waals surface area contributed by atoms with Gasteiger partial charge in [-0.2, -0.15) is 0 Å². The molecular weight excluding hydrogens is 382 g/mol. The molecule has 0 aliphatic carbocycles. The Kier molecular flexibility index (Phi) is 5.14. The van der Waals surface area contributed by atoms with Gasteiger partial charge in [0.2, 0.25) is 0 Å². The average Bonchev–Trinajstić information content (AvgIpc) is 3.04. The molecule has 1 heterocycles. The topological polar surface area (TPSA) is 52.3 Å². The Hall–Kier alpha value is -2.66. The summed E-state index contributed by atoms with van der Waals surface area (Å²) in [7, 11) is 1.51. The molecule has 0 bridgehead atoms. The summed E-state index contributed by atoms with van der Waals surface area (Å²) in [4.78, 5) is 12.3. The van der Waals surface area contributed by atoms with Crippen LogP contribution >= 0.6 is 15.9 Å². The van der Waals surface area contributed by atoms with Crippen LogP contribution in [0.4, 0.5) is 0 Å². The zero-order valence-electron chi connectivity index (χ0n) is 13.8. The fourth-order valence-electron chi connectivity index (χ4n) is 2.37. The highest BCUT2D eigenvalue weighted by Crippen LogP contribution is 2.31. The van der Waals surface area contributed by atoms with Gasteiger partial charge in [0.25, 0.3) is 0 Å². The Morgan fingerprint density at radius 3 is 2.44 bits per heavy atom. The number of rotatable bonds is 5. The molecule has 2 aromatic carbocycles. The minimum absolute atomic E-state index is 0.106. The van der Waals surface area contributed by atoms with Crippen LogP contribution in [0.15, 0.2) is 63.6 Å². The number of carbonyl (C=O) groups excluding carboxylic acids is 1. The van der Waals surface area contributed by atoms with Crippen LogP contribution in [0.2, 0.25) is 0 Å². The molecule has 0 amide bonds. The number of ether oxygens (including phenoxy) is 1. The van der Waals surface area contributed by atoms with E-state index < -0.39 is 0 Å². The minimum Gasteiger partial charge on any atom is -0.467 e. The van der Waals surface area contributed by atoms with Crippen molar-refractivity contribution < 1.29 is 14.1 Å². The maximum atomic E-state index is 12.3. The summed E-state index contributed by atoms with van der Waals surface area (Å²) in [6, 6.07) is 15.1. The maximum absolute atomic E-state index is 12.3. The molecule has 0 saturated heterocycles. The Bertz CT molecular complexity index is 909. The molecule has 0 N–H and O–H groups in total. The second-order valence-electron chi connectivity index (χ2n) is 5.51. The van der Waals surface area contributed by atoms with Crippen molar-refractivity contribution in [3.63, 3.8) is 0 Å². The second-order valence-corrected chi connectivity index (χ2v) is 6.42. The van der Waals surface area contributed by atoms with E-state index in [0.29, 0.717) is 16.8 Å². The van der Waals surface area contributed by atoms with Crippen LogP contribution in [0, 0.1) is 6.92 Å². The molecule has 0 saturated carbocycles. The number of methoxy groups -OCH3 is 1. The lowest BCUT2D eigenvalue weighted by Crippen LogP contribution is -1.93. The van der Waals surface area contributed by atoms with E-state index in [4.69, 9.17) is 9.26 Å². The fraction of sp³-hybridized carbons (Fsp3) is 0.100. The lowest BCUT2D eigenvalue weighted by Gasteiger charge is -2.00. The Morgan fingerprint density at radius 1 is 1.12 bits per heavy atom. The first-order valence-electron chi connectivity index (χ1n) is 7.67. The monoisotopic (exact) mass is 397 g/mol. The van der Waals surface area contributed by atoms with E-state index in [1.165, 1.54) is 13.2 Å². The van der Waals surface area contributed by atoms with E-state index in [1.807, 2.05) is 43.3 Å². The van der Waals surface area contributed by atoms with E-state index in [0.717, 1.165) is 15.6 Å². The van der Waals surface area contributed by atoms with Gasteiger partial charge in [0, 0.05) is 15.6 Å². The van der Waals surface area contributed by atoms with Crippen molar-refractivity contribution in [1.82, 2.24) is 5.16 Å². The number of hydrogen-bond donors (Lipinski definition) is 0. The number of aromatic nitrogens is 1. The summed E-state index contributed by atoms with van der Waals surface area (Å²) in [6.45, 7) is 2.02. The summed E-state index contributed by atoms with van der Waals surface area (Å²) in [6.07, 6.45) is 3.17. The van der Waals surface area contributed by atoms with Crippen molar-refractivity contribution in [3.8, 4) is 17.2 Å². The quantitative estimate of drug-likeness (QED) is 0.431. The molecule has 0 fully saturated rings. The van der Waals surface area contributed by atoms with Crippen LogP contribution in [0.1, 0.15) is 21.5 Å². The third kappa shape index (κ3) is 3.88. The third-order valence-corrected chi connectivity index (χ3v) is 4.26. The van der Waals surface area contributed by atoms with Gasteiger partial charge in [0.05, 0.1) is 12.7 Å². The van der Waals surface area contributed by atoms with Crippen molar-refractivity contribution in [1.29, 1.82) is 0 Å². The Morgan fingerprint density at radius 2 is 1.80 bits per heavy atom. The predicted molar refractivity (Wildman–Crippen MR) is 101 cm³/mol. The van der Waals surface area contributed by atoms with Crippen molar-refractivity contribution in [2.45, 2.75) is 6.92 Å². The first kappa shape index (κ1) is 17.2. The number of aryl methyl sites for hydroxylation is 1. The van der Waals surface area contributed by atoms with Gasteiger partial charge in [0.1, 0.15) is 5.69 Å². The van der Waals surface area contributed by atoms with Crippen LogP contribution < -0.4 is 4.74 Å². The summed E-state index contributed by atoms with van der Waals surface area (Å²) >= 11 is 3.36. The first-order valence-corrected chi connectivity index (χ1v) is 8.46. The maximum Gasteiger partial charge on any atom is 0.318 e. The molecule has 25 heavy (non-hydrogen) atoms. The zero-order valence-corrected chi connectivity index (χ0v) is 15.4. The molecule has 1 aromatic heterocycles. The lowest BCUT2D eigenvalue weighted by atomic mass is 10.0. The van der Waals surface area contributed by atoms with E-state index in [9.17, 15) is 4.79 Å². The van der Waals surface area contributed by atoms with Crippen LogP contribution in [0.25, 0.3) is 17.3 Å². The Balaban J connectivity index is 1.93. The first-order chi connectivity index (χ1) is 12.1. The van der Waals surface area contributed by atoms with E-state index in [2.05, 4.69) is 21.1 Å². The smallest absolute Gasteiger partial charge is 0.318 e. The highest BCUT2D eigenvalue weighted by Gasteiger charge is 2.16. The standard InChI is InChI=1S/C20H16BrNO3/c1-13-3-5-15(6-4-13)19-17(20(24-2)25-22-19)11-12-18(23)14-7-9-16(21)10-8-14/h3-12H,1-2H3/b12-11-. The number of carbonyl (C=O) groups is 1. The summed E-state index contributed by atoms with van der Waals surface area (Å²) in [5.74, 6) is 0.168. The zero-order chi connectivity index (χ0) is 17.8. The van der Waals surface area contributed by atoms with Gasteiger partial charge in [-0.05, 0) is 43.3 Å². The molecule has 0 radical (unpaired) electrons. The average molecular weight is 398 g/mol. The van der Waals surface area contributed by atoms with Gasteiger partial charge in [-0.15, -0.1) is 0 Å². The number of allylic oxidation sites excluding steroid dienone is 1. The van der Waals surface area contributed by atoms with Gasteiger partial charge >= 0.3 is 5.95 Å². The highest BCUT2D eigenvalue weighted by molar-refractivity contribution is 9.10. The van der Waals surface area contributed by atoms with E-state index >= 15 is 0 Å². The summed E-state index contributed by atoms with van der Waals surface area (Å²) in [5, 5.41) is 4.08. The van der Waals surface area contributed by atoms with Crippen LogP contribution in [0.5, 0.6) is 5.95 Å². The van der Waals surface area contributed by atoms with Crippen molar-refractivity contribution >= 4 is 27.8 Å². The Labute approximate surface area is 154 Å². The lowest BCUT2D eigenvalue weighted by molar-refractivity contribution is 0.104. The highest BCUT2D eigenvalue weighted by atomic mass is 79.9. The molecule has 4 nitrogen and oxygen atoms in total. The normalized spacial score (nSPS) is 11.0. The van der Waals surface area contributed by atoms with E-state index in [-0.39, 0.29) is 11.7 Å². The molecule has 0 unspecified atom stereocenters. The molecule has 0 aliphatic rings. The molecule has 0 spiro atoms.